The van der Waals surface area contributed by atoms with Gasteiger partial charge in [0, 0.05) is 27.3 Å². The molecule has 3 rings (SSSR count). The number of rotatable bonds is 5. The Morgan fingerprint density at radius 3 is 2.28 bits per heavy atom. The molecule has 0 unspecified atom stereocenters. The molecule has 5 nitrogen and oxygen atoms in total. The lowest BCUT2D eigenvalue weighted by atomic mass is 9.91. The maximum Gasteiger partial charge on any atom is 0.141 e. The number of aromatic nitrogens is 1. The maximum absolute atomic E-state index is 9.95. The Bertz CT molecular complexity index is 1140. The van der Waals surface area contributed by atoms with Gasteiger partial charge in [0.2, 0.25) is 0 Å². The molecule has 0 radical (unpaired) electrons. The predicted octanol–water partition coefficient (Wildman–Crippen LogP) is 6.68. The van der Waals surface area contributed by atoms with Gasteiger partial charge >= 0.3 is 0 Å². The molecule has 3 aromatic rings. The summed E-state index contributed by atoms with van der Waals surface area (Å²) in [5.41, 5.74) is 6.81. The van der Waals surface area contributed by atoms with Crippen LogP contribution in [-0.2, 0) is 5.41 Å². The Morgan fingerprint density at radius 2 is 1.66 bits per heavy atom. The van der Waals surface area contributed by atoms with Gasteiger partial charge in [-0.15, -0.1) is 0 Å². The summed E-state index contributed by atoms with van der Waals surface area (Å²) in [7, 11) is 0. The number of anilines is 2. The first-order valence-electron chi connectivity index (χ1n) is 10.6. The zero-order chi connectivity index (χ0) is 23.6. The summed E-state index contributed by atoms with van der Waals surface area (Å²) in [6, 6.07) is 13.6. The molecule has 1 heterocycles. The Kier molecular flexibility index (Phi) is 6.84. The molecule has 0 aliphatic heterocycles. The molecule has 2 aromatic carbocycles. The molecule has 32 heavy (non-hydrogen) atoms. The Hall–Kier alpha value is -2.99. The van der Waals surface area contributed by atoms with Crippen LogP contribution in [0.2, 0.25) is 0 Å². The van der Waals surface area contributed by atoms with Crippen LogP contribution in [-0.4, -0.2) is 15.9 Å². The molecule has 0 fully saturated rings. The van der Waals surface area contributed by atoms with Crippen LogP contribution in [0.3, 0.4) is 0 Å². The van der Waals surface area contributed by atoms with Crippen LogP contribution >= 0.6 is 11.9 Å². The lowest BCUT2D eigenvalue weighted by Gasteiger charge is -2.22. The van der Waals surface area contributed by atoms with Crippen molar-refractivity contribution >= 4 is 29.3 Å². The first-order chi connectivity index (χ1) is 15.0. The molecule has 0 saturated carbocycles. The maximum atomic E-state index is 9.95. The molecule has 168 valence electrons. The minimum absolute atomic E-state index is 0.116. The molecular formula is C26H32N4OS. The Morgan fingerprint density at radius 1 is 1.00 bits per heavy atom. The lowest BCUT2D eigenvalue weighted by Crippen LogP contribution is -2.21. The van der Waals surface area contributed by atoms with Crippen molar-refractivity contribution in [1.82, 2.24) is 9.71 Å². The monoisotopic (exact) mass is 448 g/mol. The van der Waals surface area contributed by atoms with Crippen LogP contribution in [0.15, 0.2) is 47.4 Å². The van der Waals surface area contributed by atoms with Crippen molar-refractivity contribution in [2.75, 3.05) is 5.32 Å². The van der Waals surface area contributed by atoms with Gasteiger partial charge in [0.05, 0.1) is 5.56 Å². The molecule has 1 aromatic heterocycles. The van der Waals surface area contributed by atoms with Crippen molar-refractivity contribution in [3.63, 3.8) is 0 Å². The fourth-order valence-electron chi connectivity index (χ4n) is 3.54. The number of hydrogen-bond donors (Lipinski definition) is 4. The standard InChI is InChI=1S/C26H32N4OS/c1-15-13-16(2)23(17(3)14-15)29-25-19(11-12-22(28-25)26(5,6)7)24(27)30-32-21-10-8-9-20(31)18(21)4/h8-14,31H,1-7H3,(H2,27,30)(H,28,29). The highest BCUT2D eigenvalue weighted by Crippen LogP contribution is 2.31. The normalized spacial score (nSPS) is 11.3. The van der Waals surface area contributed by atoms with Gasteiger partial charge < -0.3 is 15.1 Å². The molecular weight excluding hydrogens is 416 g/mol. The number of nitrogens with zero attached hydrogens (tertiary/aromatic N) is 1. The number of pyridine rings is 1. The minimum Gasteiger partial charge on any atom is -0.508 e. The second-order valence-corrected chi connectivity index (χ2v) is 10.1. The Balaban J connectivity index is 1.96. The van der Waals surface area contributed by atoms with E-state index < -0.39 is 0 Å². The first kappa shape index (κ1) is 23.7. The van der Waals surface area contributed by atoms with E-state index in [9.17, 15) is 5.11 Å². The van der Waals surface area contributed by atoms with Crippen molar-refractivity contribution in [2.24, 2.45) is 0 Å². The number of phenolic OH excluding ortho intramolecular Hbond substituents is 1. The van der Waals surface area contributed by atoms with Gasteiger partial charge in [-0.1, -0.05) is 44.5 Å². The fourth-order valence-corrected chi connectivity index (χ4v) is 4.27. The van der Waals surface area contributed by atoms with E-state index in [2.05, 4.69) is 63.7 Å². The zero-order valence-electron chi connectivity index (χ0n) is 19.8. The Labute approximate surface area is 195 Å². The van der Waals surface area contributed by atoms with E-state index in [-0.39, 0.29) is 17.0 Å². The highest BCUT2D eigenvalue weighted by Gasteiger charge is 2.20. The number of amidine groups is 1. The van der Waals surface area contributed by atoms with E-state index in [1.54, 1.807) is 12.1 Å². The van der Waals surface area contributed by atoms with Gasteiger partial charge in [-0.2, -0.15) is 0 Å². The van der Waals surface area contributed by atoms with Gasteiger partial charge in [0.15, 0.2) is 0 Å². The van der Waals surface area contributed by atoms with Crippen molar-refractivity contribution < 1.29 is 5.11 Å². The van der Waals surface area contributed by atoms with E-state index in [0.717, 1.165) is 33.0 Å². The van der Waals surface area contributed by atoms with Crippen molar-refractivity contribution in [2.45, 2.75) is 58.8 Å². The van der Waals surface area contributed by atoms with E-state index in [1.165, 1.54) is 17.5 Å². The highest BCUT2D eigenvalue weighted by molar-refractivity contribution is 7.98. The predicted molar refractivity (Wildman–Crippen MR) is 136 cm³/mol. The summed E-state index contributed by atoms with van der Waals surface area (Å²) < 4.78 is 3.11. The number of nitrogens with one attached hydrogen (secondary N) is 3. The first-order valence-corrected chi connectivity index (χ1v) is 11.5. The largest absolute Gasteiger partial charge is 0.508 e. The van der Waals surface area contributed by atoms with E-state index in [0.29, 0.717) is 11.4 Å². The third kappa shape index (κ3) is 5.25. The summed E-state index contributed by atoms with van der Waals surface area (Å²) in [5, 5.41) is 22.2. The van der Waals surface area contributed by atoms with Crippen molar-refractivity contribution in [1.29, 1.82) is 5.41 Å². The number of hydrogen-bond acceptors (Lipinski definition) is 5. The second-order valence-electron chi connectivity index (χ2n) is 9.22. The summed E-state index contributed by atoms with van der Waals surface area (Å²) in [6.45, 7) is 14.5. The van der Waals surface area contributed by atoms with Gasteiger partial charge in [-0.25, -0.2) is 4.98 Å². The summed E-state index contributed by atoms with van der Waals surface area (Å²) in [6.07, 6.45) is 0. The van der Waals surface area contributed by atoms with E-state index in [1.807, 2.05) is 25.1 Å². The average molecular weight is 449 g/mol. The fraction of sp³-hybridized carbons (Fsp3) is 0.308. The third-order valence-corrected chi connectivity index (χ3v) is 6.34. The summed E-state index contributed by atoms with van der Waals surface area (Å²) in [4.78, 5) is 5.78. The summed E-state index contributed by atoms with van der Waals surface area (Å²) >= 11 is 1.31. The molecule has 0 spiro atoms. The van der Waals surface area contributed by atoms with E-state index >= 15 is 0 Å². The molecule has 0 atom stereocenters. The van der Waals surface area contributed by atoms with E-state index in [4.69, 9.17) is 10.4 Å². The van der Waals surface area contributed by atoms with Crippen LogP contribution < -0.4 is 10.0 Å². The molecule has 0 bridgehead atoms. The lowest BCUT2D eigenvalue weighted by molar-refractivity contribution is 0.469. The smallest absolute Gasteiger partial charge is 0.141 e. The van der Waals surface area contributed by atoms with Crippen LogP contribution in [0.1, 0.15) is 54.3 Å². The summed E-state index contributed by atoms with van der Waals surface area (Å²) in [5.74, 6) is 1.14. The number of benzene rings is 2. The number of aromatic hydroxyl groups is 1. The van der Waals surface area contributed by atoms with Gasteiger partial charge in [-0.05, 0) is 75.0 Å². The van der Waals surface area contributed by atoms with Crippen molar-refractivity contribution in [3.8, 4) is 5.75 Å². The van der Waals surface area contributed by atoms with Crippen molar-refractivity contribution in [3.05, 3.63) is 76.0 Å². The van der Waals surface area contributed by atoms with Crippen LogP contribution in [0.25, 0.3) is 0 Å². The third-order valence-electron chi connectivity index (χ3n) is 5.37. The number of phenols is 1. The van der Waals surface area contributed by atoms with Gasteiger partial charge in [-0.3, -0.25) is 5.41 Å². The van der Waals surface area contributed by atoms with Crippen LogP contribution in [0, 0.1) is 33.1 Å². The molecule has 0 aliphatic carbocycles. The molecule has 0 saturated heterocycles. The molecule has 4 N–H and O–H groups in total. The molecule has 0 amide bonds. The SMILES string of the molecule is Cc1cc(C)c(Nc2nc(C(C)(C)C)ccc2C(=N)NSc2cccc(O)c2C)c(C)c1. The molecule has 6 heteroatoms. The quantitative estimate of drug-likeness (QED) is 0.199. The van der Waals surface area contributed by atoms with Crippen LogP contribution in [0.5, 0.6) is 5.75 Å². The van der Waals surface area contributed by atoms with Gasteiger partial charge in [0.1, 0.15) is 17.4 Å². The molecule has 0 aliphatic rings. The second kappa shape index (κ2) is 9.25. The number of aryl methyl sites for hydroxylation is 3. The minimum atomic E-state index is -0.116. The van der Waals surface area contributed by atoms with Gasteiger partial charge in [0.25, 0.3) is 0 Å². The highest BCUT2D eigenvalue weighted by atomic mass is 32.2. The zero-order valence-corrected chi connectivity index (χ0v) is 20.7. The topological polar surface area (TPSA) is 81.0 Å². The average Bonchev–Trinajstić information content (AvgIpc) is 2.70. The van der Waals surface area contributed by atoms with Crippen LogP contribution in [0.4, 0.5) is 11.5 Å².